The van der Waals surface area contributed by atoms with Crippen LogP contribution in [0.3, 0.4) is 0 Å². The van der Waals surface area contributed by atoms with E-state index in [9.17, 15) is 22.8 Å². The number of nitrogens with one attached hydrogen (secondary N) is 1. The molecule has 0 rings (SSSR count). The molecule has 7 heteroatoms. The summed E-state index contributed by atoms with van der Waals surface area (Å²) in [6.45, 7) is 2.92. The van der Waals surface area contributed by atoms with Gasteiger partial charge in [-0.05, 0) is 13.8 Å². The number of amides is 1. The van der Waals surface area contributed by atoms with Crippen LogP contribution in [0.4, 0.5) is 13.2 Å². The van der Waals surface area contributed by atoms with Crippen LogP contribution >= 0.6 is 0 Å². The minimum Gasteiger partial charge on any atom is -0.464 e. The van der Waals surface area contributed by atoms with Crippen LogP contribution in [0.25, 0.3) is 0 Å². The van der Waals surface area contributed by atoms with Gasteiger partial charge in [-0.1, -0.05) is 0 Å². The van der Waals surface area contributed by atoms with Crippen molar-refractivity contribution in [2.24, 2.45) is 0 Å². The summed E-state index contributed by atoms with van der Waals surface area (Å²) in [7, 11) is 0. The van der Waals surface area contributed by atoms with Crippen LogP contribution in [0, 0.1) is 0 Å². The molecule has 0 radical (unpaired) electrons. The number of carbonyl (C=O) groups is 2. The van der Waals surface area contributed by atoms with Gasteiger partial charge in [-0.15, -0.1) is 0 Å². The molecule has 0 saturated carbocycles. The zero-order valence-corrected chi connectivity index (χ0v) is 8.35. The Morgan fingerprint density at radius 2 is 1.93 bits per heavy atom. The normalized spacial score (nSPS) is 13.1. The number of hydrogen-bond donors (Lipinski definition) is 1. The molecule has 1 unspecified atom stereocenters. The summed E-state index contributed by atoms with van der Waals surface area (Å²) in [6, 6.07) is -1.07. The van der Waals surface area contributed by atoms with Crippen molar-refractivity contribution in [2.75, 3.05) is 6.61 Å². The summed E-state index contributed by atoms with van der Waals surface area (Å²) in [5, 5.41) is 1.89. The summed E-state index contributed by atoms with van der Waals surface area (Å²) in [6.07, 6.45) is -6.17. The smallest absolute Gasteiger partial charge is 0.397 e. The van der Waals surface area contributed by atoms with E-state index in [0.717, 1.165) is 0 Å². The maximum absolute atomic E-state index is 11.7. The summed E-state index contributed by atoms with van der Waals surface area (Å²) in [5.74, 6) is -2.00. The molecule has 15 heavy (non-hydrogen) atoms. The van der Waals surface area contributed by atoms with Gasteiger partial charge in [0, 0.05) is 0 Å². The molecule has 0 aliphatic rings. The number of rotatable bonds is 4. The molecule has 88 valence electrons. The highest BCUT2D eigenvalue weighted by atomic mass is 19.4. The highest BCUT2D eigenvalue weighted by molar-refractivity contribution is 5.84. The Kier molecular flexibility index (Phi) is 5.10. The molecular formula is C8H12F3NO3. The van der Waals surface area contributed by atoms with Crippen molar-refractivity contribution in [1.82, 2.24) is 5.32 Å². The van der Waals surface area contributed by atoms with Gasteiger partial charge in [-0.2, -0.15) is 13.2 Å². The van der Waals surface area contributed by atoms with E-state index < -0.39 is 30.5 Å². The van der Waals surface area contributed by atoms with E-state index in [1.165, 1.54) is 6.92 Å². The van der Waals surface area contributed by atoms with Crippen molar-refractivity contribution in [3.05, 3.63) is 0 Å². The molecule has 0 aromatic carbocycles. The van der Waals surface area contributed by atoms with Crippen molar-refractivity contribution in [3.63, 3.8) is 0 Å². The topological polar surface area (TPSA) is 55.4 Å². The lowest BCUT2D eigenvalue weighted by Crippen LogP contribution is -2.41. The fourth-order valence-corrected chi connectivity index (χ4v) is 0.801. The van der Waals surface area contributed by atoms with Crippen LogP contribution in [-0.2, 0) is 14.3 Å². The van der Waals surface area contributed by atoms with Gasteiger partial charge in [0.25, 0.3) is 0 Å². The number of carbonyl (C=O) groups excluding carboxylic acids is 2. The van der Waals surface area contributed by atoms with E-state index in [1.807, 2.05) is 5.32 Å². The van der Waals surface area contributed by atoms with Gasteiger partial charge < -0.3 is 10.1 Å². The second-order valence-electron chi connectivity index (χ2n) is 2.83. The maximum Gasteiger partial charge on any atom is 0.397 e. The van der Waals surface area contributed by atoms with Crippen LogP contribution in [0.5, 0.6) is 0 Å². The maximum atomic E-state index is 11.7. The van der Waals surface area contributed by atoms with Gasteiger partial charge in [0.2, 0.25) is 5.91 Å². The van der Waals surface area contributed by atoms with E-state index in [1.54, 1.807) is 6.92 Å². The Bertz CT molecular complexity index is 240. The molecule has 0 aliphatic carbocycles. The highest BCUT2D eigenvalue weighted by Crippen LogP contribution is 2.18. The Hall–Kier alpha value is -1.27. The van der Waals surface area contributed by atoms with Gasteiger partial charge in [-0.3, -0.25) is 4.79 Å². The van der Waals surface area contributed by atoms with Crippen LogP contribution in [-0.4, -0.2) is 30.7 Å². The molecule has 0 fully saturated rings. The van der Waals surface area contributed by atoms with E-state index in [4.69, 9.17) is 0 Å². The fraction of sp³-hybridized carbons (Fsp3) is 0.750. The molecule has 1 atom stereocenters. The highest BCUT2D eigenvalue weighted by Gasteiger charge is 2.32. The monoisotopic (exact) mass is 227 g/mol. The largest absolute Gasteiger partial charge is 0.464 e. The van der Waals surface area contributed by atoms with E-state index in [2.05, 4.69) is 4.74 Å². The standard InChI is InChI=1S/C8H12F3NO3/c1-3-15-7(14)5(2)12-6(13)4-8(9,10)11/h5H,3-4H2,1-2H3,(H,12,13). The third-order valence-corrected chi connectivity index (χ3v) is 1.38. The Morgan fingerprint density at radius 1 is 1.40 bits per heavy atom. The van der Waals surface area contributed by atoms with Crippen LogP contribution < -0.4 is 5.32 Å². The lowest BCUT2D eigenvalue weighted by Gasteiger charge is -2.13. The third kappa shape index (κ3) is 6.75. The number of ether oxygens (including phenoxy) is 1. The zero-order chi connectivity index (χ0) is 12.1. The molecule has 4 nitrogen and oxygen atoms in total. The lowest BCUT2D eigenvalue weighted by atomic mass is 10.3. The second-order valence-corrected chi connectivity index (χ2v) is 2.83. The van der Waals surface area contributed by atoms with E-state index in [0.29, 0.717) is 0 Å². The first-order chi connectivity index (χ1) is 6.76. The summed E-state index contributed by atoms with van der Waals surface area (Å²) >= 11 is 0. The summed E-state index contributed by atoms with van der Waals surface area (Å²) in [4.78, 5) is 21.7. The lowest BCUT2D eigenvalue weighted by molar-refractivity contribution is -0.157. The van der Waals surface area contributed by atoms with Crippen LogP contribution in [0.2, 0.25) is 0 Å². The van der Waals surface area contributed by atoms with E-state index in [-0.39, 0.29) is 6.61 Å². The van der Waals surface area contributed by atoms with Gasteiger partial charge >= 0.3 is 12.1 Å². The van der Waals surface area contributed by atoms with Crippen molar-refractivity contribution in [3.8, 4) is 0 Å². The summed E-state index contributed by atoms with van der Waals surface area (Å²) < 4.78 is 39.7. The van der Waals surface area contributed by atoms with Gasteiger partial charge in [0.15, 0.2) is 0 Å². The quantitative estimate of drug-likeness (QED) is 0.729. The first-order valence-corrected chi connectivity index (χ1v) is 4.29. The minimum absolute atomic E-state index is 0.109. The number of halogens is 3. The fourth-order valence-electron chi connectivity index (χ4n) is 0.801. The van der Waals surface area contributed by atoms with Crippen molar-refractivity contribution in [1.29, 1.82) is 0 Å². The molecule has 0 aromatic rings. The van der Waals surface area contributed by atoms with Gasteiger partial charge in [0.05, 0.1) is 6.61 Å². The third-order valence-electron chi connectivity index (χ3n) is 1.38. The Balaban J connectivity index is 4.02. The predicted octanol–water partition coefficient (Wildman–Crippen LogP) is 1.01. The van der Waals surface area contributed by atoms with E-state index >= 15 is 0 Å². The molecule has 0 saturated heterocycles. The Morgan fingerprint density at radius 3 is 2.33 bits per heavy atom. The first kappa shape index (κ1) is 13.7. The Labute approximate surface area is 84.8 Å². The molecule has 1 N–H and O–H groups in total. The second kappa shape index (κ2) is 5.57. The molecule has 0 heterocycles. The molecule has 0 spiro atoms. The molecular weight excluding hydrogens is 215 g/mol. The number of alkyl halides is 3. The van der Waals surface area contributed by atoms with Gasteiger partial charge in [-0.25, -0.2) is 4.79 Å². The SMILES string of the molecule is CCOC(=O)C(C)NC(=O)CC(F)(F)F. The molecule has 0 aromatic heterocycles. The number of esters is 1. The molecule has 1 amide bonds. The van der Waals surface area contributed by atoms with Gasteiger partial charge in [0.1, 0.15) is 12.5 Å². The molecule has 0 aliphatic heterocycles. The van der Waals surface area contributed by atoms with Crippen molar-refractivity contribution >= 4 is 11.9 Å². The van der Waals surface area contributed by atoms with Crippen molar-refractivity contribution in [2.45, 2.75) is 32.5 Å². The average Bonchev–Trinajstić information content (AvgIpc) is 2.00. The predicted molar refractivity (Wildman–Crippen MR) is 44.9 cm³/mol. The number of hydrogen-bond acceptors (Lipinski definition) is 3. The first-order valence-electron chi connectivity index (χ1n) is 4.29. The van der Waals surface area contributed by atoms with Crippen molar-refractivity contribution < 1.29 is 27.5 Å². The average molecular weight is 227 g/mol. The molecule has 0 bridgehead atoms. The van der Waals surface area contributed by atoms with Crippen LogP contribution in [0.15, 0.2) is 0 Å². The minimum atomic E-state index is -4.57. The van der Waals surface area contributed by atoms with Crippen LogP contribution in [0.1, 0.15) is 20.3 Å². The summed E-state index contributed by atoms with van der Waals surface area (Å²) in [5.41, 5.74) is 0. The zero-order valence-electron chi connectivity index (χ0n) is 8.35.